The van der Waals surface area contributed by atoms with Crippen molar-refractivity contribution in [3.8, 4) is 11.8 Å². The summed E-state index contributed by atoms with van der Waals surface area (Å²) in [5, 5.41) is 8.77. The number of ether oxygens (including phenoxy) is 2. The molecule has 0 atom stereocenters. The number of hydrogen-bond acceptors (Lipinski definition) is 6. The maximum atomic E-state index is 12.4. The molecule has 0 radical (unpaired) electrons. The molecule has 8 heteroatoms. The minimum Gasteiger partial charge on any atom is -0.495 e. The number of sulfonamides is 1. The van der Waals surface area contributed by atoms with Gasteiger partial charge in [0.05, 0.1) is 24.3 Å². The Bertz CT molecular complexity index is 945. The number of nitriles is 1. The quantitative estimate of drug-likeness (QED) is 0.719. The molecule has 0 aliphatic carbocycles. The Balaban J connectivity index is 2.22. The summed E-state index contributed by atoms with van der Waals surface area (Å²) in [5.41, 5.74) is 1.32. The van der Waals surface area contributed by atoms with Crippen LogP contribution in [-0.2, 0) is 21.4 Å². The minimum atomic E-state index is -3.78. The van der Waals surface area contributed by atoms with Crippen LogP contribution in [0.3, 0.4) is 0 Å². The predicted molar refractivity (Wildman–Crippen MR) is 94.1 cm³/mol. The molecule has 2 aromatic carbocycles. The van der Waals surface area contributed by atoms with Gasteiger partial charge >= 0.3 is 5.97 Å². The van der Waals surface area contributed by atoms with Gasteiger partial charge in [-0.05, 0) is 35.9 Å². The fourth-order valence-corrected chi connectivity index (χ4v) is 3.18. The average Bonchev–Trinajstić information content (AvgIpc) is 2.65. The number of hydrogen-bond donors (Lipinski definition) is 0. The van der Waals surface area contributed by atoms with E-state index < -0.39 is 16.0 Å². The molecule has 7 nitrogen and oxygen atoms in total. The summed E-state index contributed by atoms with van der Waals surface area (Å²) in [5.74, 6) is -0.519. The molecular formula is C18H18N2O5S. The SMILES string of the molecule is COc1ccc(C(=O)OCc2ccc(C#N)cc2)cc1S(=O)(=O)N(C)C. The zero-order chi connectivity index (χ0) is 19.3. The highest BCUT2D eigenvalue weighted by Crippen LogP contribution is 2.27. The molecule has 0 spiro atoms. The lowest BCUT2D eigenvalue weighted by molar-refractivity contribution is 0.0472. The van der Waals surface area contributed by atoms with Crippen LogP contribution in [0.2, 0.25) is 0 Å². The van der Waals surface area contributed by atoms with Gasteiger partial charge in [0.25, 0.3) is 0 Å². The van der Waals surface area contributed by atoms with Crippen LogP contribution in [0.5, 0.6) is 5.75 Å². The summed E-state index contributed by atoms with van der Waals surface area (Å²) in [6, 6.07) is 12.7. The first-order valence-corrected chi connectivity index (χ1v) is 9.00. The topological polar surface area (TPSA) is 96.7 Å². The van der Waals surface area contributed by atoms with Gasteiger partial charge in [-0.2, -0.15) is 5.26 Å². The number of nitrogens with zero attached hydrogens (tertiary/aromatic N) is 2. The van der Waals surface area contributed by atoms with Crippen LogP contribution in [-0.4, -0.2) is 39.9 Å². The highest BCUT2D eigenvalue weighted by Gasteiger charge is 2.24. The number of methoxy groups -OCH3 is 1. The first-order valence-electron chi connectivity index (χ1n) is 7.56. The van der Waals surface area contributed by atoms with Crippen molar-refractivity contribution in [3.05, 3.63) is 59.2 Å². The number of benzene rings is 2. The van der Waals surface area contributed by atoms with Crippen LogP contribution in [0.25, 0.3) is 0 Å². The molecule has 0 saturated carbocycles. The minimum absolute atomic E-state index is 0.00628. The Labute approximate surface area is 152 Å². The molecule has 0 saturated heterocycles. The molecular weight excluding hydrogens is 356 g/mol. The van der Waals surface area contributed by atoms with E-state index in [9.17, 15) is 13.2 Å². The lowest BCUT2D eigenvalue weighted by Gasteiger charge is -2.15. The van der Waals surface area contributed by atoms with Crippen molar-refractivity contribution >= 4 is 16.0 Å². The van der Waals surface area contributed by atoms with E-state index in [1.165, 1.54) is 39.4 Å². The maximum absolute atomic E-state index is 12.4. The monoisotopic (exact) mass is 374 g/mol. The summed E-state index contributed by atoms with van der Waals surface area (Å²) < 4.78 is 36.1. The number of carbonyl (C=O) groups excluding carboxylic acids is 1. The number of carbonyl (C=O) groups is 1. The van der Waals surface area contributed by atoms with Gasteiger partial charge in [-0.25, -0.2) is 17.5 Å². The average molecular weight is 374 g/mol. The second-order valence-corrected chi connectivity index (χ2v) is 7.66. The van der Waals surface area contributed by atoms with Crippen LogP contribution in [0.15, 0.2) is 47.4 Å². The summed E-state index contributed by atoms with van der Waals surface area (Å²) >= 11 is 0. The van der Waals surface area contributed by atoms with Crippen molar-refractivity contribution < 1.29 is 22.7 Å². The molecule has 0 aromatic heterocycles. The van der Waals surface area contributed by atoms with Gasteiger partial charge in [-0.3, -0.25) is 0 Å². The van der Waals surface area contributed by atoms with Crippen LogP contribution in [0.4, 0.5) is 0 Å². The molecule has 0 amide bonds. The molecule has 26 heavy (non-hydrogen) atoms. The third-order valence-electron chi connectivity index (χ3n) is 3.61. The second kappa shape index (κ2) is 7.99. The van der Waals surface area contributed by atoms with Crippen molar-refractivity contribution in [1.29, 1.82) is 5.26 Å². The first kappa shape index (κ1) is 19.4. The van der Waals surface area contributed by atoms with Gasteiger partial charge < -0.3 is 9.47 Å². The fourth-order valence-electron chi connectivity index (χ4n) is 2.11. The van der Waals surface area contributed by atoms with Gasteiger partial charge in [0.15, 0.2) is 0 Å². The maximum Gasteiger partial charge on any atom is 0.338 e. The van der Waals surface area contributed by atoms with Crippen molar-refractivity contribution in [2.45, 2.75) is 11.5 Å². The third-order valence-corrected chi connectivity index (χ3v) is 5.45. The summed E-state index contributed by atoms with van der Waals surface area (Å²) in [6.07, 6.45) is 0. The molecule has 136 valence electrons. The molecule has 0 fully saturated rings. The van der Waals surface area contributed by atoms with E-state index in [1.807, 2.05) is 6.07 Å². The number of rotatable bonds is 6. The first-order chi connectivity index (χ1) is 12.3. The lowest BCUT2D eigenvalue weighted by Crippen LogP contribution is -2.23. The van der Waals surface area contributed by atoms with E-state index in [1.54, 1.807) is 24.3 Å². The standard InChI is InChI=1S/C18H18N2O5S/c1-20(2)26(22,23)17-10-15(8-9-16(17)24-3)18(21)25-12-14-6-4-13(11-19)5-7-14/h4-10H,12H2,1-3H3. The summed E-state index contributed by atoms with van der Waals surface area (Å²) in [4.78, 5) is 12.2. The largest absolute Gasteiger partial charge is 0.495 e. The van der Waals surface area contributed by atoms with Crippen LogP contribution in [0, 0.1) is 11.3 Å². The highest BCUT2D eigenvalue weighted by molar-refractivity contribution is 7.89. The smallest absolute Gasteiger partial charge is 0.338 e. The van der Waals surface area contributed by atoms with Gasteiger partial charge in [0.2, 0.25) is 10.0 Å². The predicted octanol–water partition coefficient (Wildman–Crippen LogP) is 2.17. The normalized spacial score (nSPS) is 11.0. The van der Waals surface area contributed by atoms with Gasteiger partial charge in [0.1, 0.15) is 17.3 Å². The van der Waals surface area contributed by atoms with Gasteiger partial charge in [-0.1, -0.05) is 12.1 Å². The van der Waals surface area contributed by atoms with E-state index in [2.05, 4.69) is 0 Å². The number of esters is 1. The molecule has 2 aromatic rings. The molecule has 0 aliphatic heterocycles. The zero-order valence-corrected chi connectivity index (χ0v) is 15.4. The van der Waals surface area contributed by atoms with Crippen LogP contribution in [0.1, 0.15) is 21.5 Å². The molecule has 2 rings (SSSR count). The van der Waals surface area contributed by atoms with Crippen molar-refractivity contribution in [3.63, 3.8) is 0 Å². The molecule has 0 unspecified atom stereocenters. The molecule has 0 heterocycles. The Kier molecular flexibility index (Phi) is 5.97. The third kappa shape index (κ3) is 4.20. The van der Waals surface area contributed by atoms with E-state index in [-0.39, 0.29) is 22.8 Å². The van der Waals surface area contributed by atoms with E-state index in [4.69, 9.17) is 14.7 Å². The Hall–Kier alpha value is -2.89. The van der Waals surface area contributed by atoms with Crippen LogP contribution >= 0.6 is 0 Å². The Morgan fingerprint density at radius 3 is 2.35 bits per heavy atom. The van der Waals surface area contributed by atoms with Gasteiger partial charge in [-0.15, -0.1) is 0 Å². The van der Waals surface area contributed by atoms with Crippen molar-refractivity contribution in [2.75, 3.05) is 21.2 Å². The summed E-state index contributed by atoms with van der Waals surface area (Å²) in [7, 11) is 0.361. The van der Waals surface area contributed by atoms with E-state index in [0.717, 1.165) is 4.31 Å². The van der Waals surface area contributed by atoms with Crippen molar-refractivity contribution in [1.82, 2.24) is 4.31 Å². The highest BCUT2D eigenvalue weighted by atomic mass is 32.2. The van der Waals surface area contributed by atoms with Crippen molar-refractivity contribution in [2.24, 2.45) is 0 Å². The Morgan fingerprint density at radius 2 is 1.81 bits per heavy atom. The van der Waals surface area contributed by atoms with E-state index in [0.29, 0.717) is 11.1 Å². The molecule has 0 aliphatic rings. The summed E-state index contributed by atoms with van der Waals surface area (Å²) in [6.45, 7) is 0.00628. The second-order valence-electron chi connectivity index (χ2n) is 5.54. The molecule has 0 N–H and O–H groups in total. The van der Waals surface area contributed by atoms with E-state index >= 15 is 0 Å². The lowest BCUT2D eigenvalue weighted by atomic mass is 10.1. The molecule has 0 bridgehead atoms. The zero-order valence-electron chi connectivity index (χ0n) is 14.6. The fraction of sp³-hybridized carbons (Fsp3) is 0.222. The Morgan fingerprint density at radius 1 is 1.15 bits per heavy atom. The van der Waals surface area contributed by atoms with Gasteiger partial charge in [0, 0.05) is 14.1 Å². The van der Waals surface area contributed by atoms with Crippen LogP contribution < -0.4 is 4.74 Å².